The number of hydrogen-bond donors (Lipinski definition) is 2. The van der Waals surface area contributed by atoms with Crippen molar-refractivity contribution in [3.63, 3.8) is 0 Å². The van der Waals surface area contributed by atoms with Gasteiger partial charge in [0.1, 0.15) is 59.0 Å². The maximum atomic E-state index is 14.7. The summed E-state index contributed by atoms with van der Waals surface area (Å²) in [6.07, 6.45) is 4.33. The summed E-state index contributed by atoms with van der Waals surface area (Å²) in [6.45, 7) is 8.95. The first-order valence-corrected chi connectivity index (χ1v) is 25.2. The number of methoxy groups -OCH3 is 1. The van der Waals surface area contributed by atoms with Gasteiger partial charge in [0.05, 0.1) is 21.2 Å². The van der Waals surface area contributed by atoms with Gasteiger partial charge in [-0.2, -0.15) is 9.48 Å². The van der Waals surface area contributed by atoms with Gasteiger partial charge in [-0.3, -0.25) is 14.5 Å². The van der Waals surface area contributed by atoms with E-state index in [-0.39, 0.29) is 53.8 Å². The fourth-order valence-electron chi connectivity index (χ4n) is 8.36. The maximum Gasteiger partial charge on any atom is 0.355 e. The highest BCUT2D eigenvalue weighted by atomic mass is 127. The van der Waals surface area contributed by atoms with Gasteiger partial charge in [0.25, 0.3) is 11.8 Å². The largest absolute Gasteiger partial charge is 1.00 e. The van der Waals surface area contributed by atoms with E-state index in [1.54, 1.807) is 57.5 Å². The molecule has 1 aromatic heterocycles. The molecule has 2 saturated heterocycles. The summed E-state index contributed by atoms with van der Waals surface area (Å²) in [4.78, 5) is 74.9. The van der Waals surface area contributed by atoms with Crippen LogP contribution in [0.4, 0.5) is 5.13 Å². The number of halogens is 1. The zero-order chi connectivity index (χ0) is 50.6. The number of carbonyl (C=O) groups is 4. The normalized spacial score (nSPS) is 18.9. The molecule has 8 rings (SSSR count). The van der Waals surface area contributed by atoms with Gasteiger partial charge in [-0.05, 0) is 80.7 Å². The molecule has 4 aromatic carbocycles. The van der Waals surface area contributed by atoms with Crippen molar-refractivity contribution in [1.29, 1.82) is 0 Å². The van der Waals surface area contributed by atoms with Gasteiger partial charge >= 0.3 is 11.9 Å². The van der Waals surface area contributed by atoms with Gasteiger partial charge in [0.2, 0.25) is 5.60 Å². The molecular weight excluding hydrogens is 1070 g/mol. The minimum atomic E-state index is -1.64. The first-order chi connectivity index (χ1) is 33.9. The summed E-state index contributed by atoms with van der Waals surface area (Å²) in [5.74, 6) is -1.73. The van der Waals surface area contributed by atoms with Crippen LogP contribution >= 0.6 is 23.1 Å². The topological polar surface area (TPSA) is 167 Å². The molecule has 2 amide bonds. The first kappa shape index (κ1) is 53.7. The molecule has 4 heterocycles. The van der Waals surface area contributed by atoms with Crippen LogP contribution in [0.2, 0.25) is 0 Å². The number of carbonyl (C=O) groups excluding carboxylic acids is 4. The van der Waals surface area contributed by atoms with Crippen LogP contribution in [0.3, 0.4) is 0 Å². The fourth-order valence-corrected chi connectivity index (χ4v) is 10.4. The van der Waals surface area contributed by atoms with Crippen LogP contribution < -0.4 is 39.3 Å². The molecule has 0 spiro atoms. The third kappa shape index (κ3) is 12.1. The highest BCUT2D eigenvalue weighted by molar-refractivity contribution is 8.00. The van der Waals surface area contributed by atoms with E-state index in [0.717, 1.165) is 35.2 Å². The Morgan fingerprint density at radius 1 is 0.889 bits per heavy atom. The lowest BCUT2D eigenvalue weighted by molar-refractivity contribution is -1.06. The SMILES string of the molecule is COc1ccc(COC(=O)C2=C(/C=C/C3CC[N+](C)(C)O3)CS[C@@H]3[C@H](NC(=O)/C(=N\OC(C)(C)C(=O)OC(C)(C)C)c4csc(NC(c5ccccc5)(c5ccccc5)c5ccccc5)n4)C(=O)N23)cc1.[I-]. The summed E-state index contributed by atoms with van der Waals surface area (Å²) in [6, 6.07) is 36.0. The number of ether oxygens (including phenoxy) is 3. The molecule has 3 aliphatic heterocycles. The van der Waals surface area contributed by atoms with Crippen LogP contribution in [0, 0.1) is 0 Å². The van der Waals surface area contributed by atoms with Gasteiger partial charge in [-0.15, -0.1) is 23.1 Å². The Morgan fingerprint density at radius 2 is 1.49 bits per heavy atom. The number of hydroxylamine groups is 3. The molecule has 2 fully saturated rings. The van der Waals surface area contributed by atoms with E-state index in [4.69, 9.17) is 28.9 Å². The number of fused-ring (bicyclic) bond motifs is 1. The van der Waals surface area contributed by atoms with E-state index in [2.05, 4.69) is 15.8 Å². The molecule has 0 radical (unpaired) electrons. The van der Waals surface area contributed by atoms with Crippen LogP contribution in [0.5, 0.6) is 5.75 Å². The van der Waals surface area contributed by atoms with Crippen molar-refractivity contribution in [3.05, 3.63) is 172 Å². The standard InChI is InChI=1S/C54H58N6O9S2.HI/c1-52(2,3)67-50(64)53(4,5)69-58-43(42-34-71-51(55-42)57-54(37-18-12-9-13-19-37,38-20-14-10-15-21-38)39-22-16-11-17-23-39)46(61)56-44-47(62)59-45(49(63)66-32-35-24-27-40(65-8)28-25-35)36(33-70-48(44)59)26-29-41-30-31-60(6,7)68-41;/h9-29,34,41,44,48H,30-33H2,1-8H3,(H-,55,56,57,61);1H/b29-26+,58-43-;/t41?,44-,48-;/m1./s1. The third-order valence-corrected chi connectivity index (χ3v) is 14.1. The molecule has 72 heavy (non-hydrogen) atoms. The minimum absolute atomic E-state index is 0. The Morgan fingerprint density at radius 3 is 2.03 bits per heavy atom. The number of thioether (sulfide) groups is 1. The average Bonchev–Trinajstić information content (AvgIpc) is 3.98. The smallest absolute Gasteiger partial charge is 0.355 e. The number of quaternary nitrogens is 1. The number of esters is 2. The number of aromatic nitrogens is 1. The number of anilines is 1. The van der Waals surface area contributed by atoms with Gasteiger partial charge in [0, 0.05) is 17.6 Å². The number of oxime groups is 1. The van der Waals surface area contributed by atoms with Crippen molar-refractivity contribution in [2.24, 2.45) is 5.16 Å². The van der Waals surface area contributed by atoms with Gasteiger partial charge in [-0.25, -0.2) is 14.6 Å². The number of allylic oxidation sites excluding steroid dienone is 1. The van der Waals surface area contributed by atoms with Crippen molar-refractivity contribution in [2.45, 2.75) is 81.9 Å². The number of β-lactam (4-membered cyclic amide) rings is 1. The molecular formula is C54H59IN6O9S2. The molecule has 378 valence electrons. The minimum Gasteiger partial charge on any atom is -1.00 e. The Balaban J connectivity index is 0.00000760. The van der Waals surface area contributed by atoms with Crippen LogP contribution in [0.1, 0.15) is 69.0 Å². The van der Waals surface area contributed by atoms with E-state index in [0.29, 0.717) is 26.9 Å². The predicted octanol–water partition coefficient (Wildman–Crippen LogP) is 5.13. The molecule has 18 heteroatoms. The fraction of sp³-hybridized carbons (Fsp3) is 0.333. The highest BCUT2D eigenvalue weighted by Gasteiger charge is 2.55. The van der Waals surface area contributed by atoms with Gasteiger partial charge < -0.3 is 53.7 Å². The van der Waals surface area contributed by atoms with Crippen LogP contribution in [0.25, 0.3) is 0 Å². The molecule has 0 bridgehead atoms. The lowest BCUT2D eigenvalue weighted by atomic mass is 9.77. The summed E-state index contributed by atoms with van der Waals surface area (Å²) in [5.41, 5.74) is 0.624. The number of thiazole rings is 1. The van der Waals surface area contributed by atoms with Gasteiger partial charge in [0.15, 0.2) is 10.8 Å². The van der Waals surface area contributed by atoms with E-state index < -0.39 is 51.9 Å². The highest BCUT2D eigenvalue weighted by Crippen LogP contribution is 2.43. The lowest BCUT2D eigenvalue weighted by Gasteiger charge is -2.49. The molecule has 3 aliphatic rings. The molecule has 0 saturated carbocycles. The zero-order valence-corrected chi connectivity index (χ0v) is 45.2. The van der Waals surface area contributed by atoms with Crippen molar-refractivity contribution >= 4 is 57.7 Å². The number of amides is 2. The summed E-state index contributed by atoms with van der Waals surface area (Å²) in [5, 5.41) is 12.3. The van der Waals surface area contributed by atoms with E-state index >= 15 is 0 Å². The number of hydrogen-bond acceptors (Lipinski definition) is 14. The molecule has 0 aliphatic carbocycles. The quantitative estimate of drug-likeness (QED) is 0.0240. The maximum absolute atomic E-state index is 14.7. The number of nitrogens with one attached hydrogen (secondary N) is 2. The molecule has 15 nitrogen and oxygen atoms in total. The Kier molecular flexibility index (Phi) is 16.7. The van der Waals surface area contributed by atoms with Crippen LogP contribution in [-0.4, -0.2) is 106 Å². The molecule has 2 N–H and O–H groups in total. The average molecular weight is 1130 g/mol. The van der Waals surface area contributed by atoms with E-state index in [1.807, 2.05) is 117 Å². The summed E-state index contributed by atoms with van der Waals surface area (Å²) in [7, 11) is 5.53. The second kappa shape index (κ2) is 22.4. The second-order valence-corrected chi connectivity index (χ2v) is 21.3. The Hall–Kier alpha value is -6.06. The van der Waals surface area contributed by atoms with Crippen molar-refractivity contribution in [1.82, 2.24) is 15.2 Å². The molecule has 1 unspecified atom stereocenters. The Bertz CT molecular complexity index is 2740. The van der Waals surface area contributed by atoms with Crippen molar-refractivity contribution in [2.75, 3.05) is 38.8 Å². The van der Waals surface area contributed by atoms with Crippen LogP contribution in [0.15, 0.2) is 149 Å². The monoisotopic (exact) mass is 1130 g/mol. The number of benzene rings is 4. The predicted molar refractivity (Wildman–Crippen MR) is 273 cm³/mol. The number of rotatable bonds is 17. The van der Waals surface area contributed by atoms with Crippen molar-refractivity contribution in [3.8, 4) is 5.75 Å². The summed E-state index contributed by atoms with van der Waals surface area (Å²) < 4.78 is 17.1. The van der Waals surface area contributed by atoms with E-state index in [1.165, 1.54) is 41.8 Å². The summed E-state index contributed by atoms with van der Waals surface area (Å²) >= 11 is 2.64. The van der Waals surface area contributed by atoms with Crippen LogP contribution in [-0.2, 0) is 50.5 Å². The van der Waals surface area contributed by atoms with E-state index in [9.17, 15) is 19.2 Å². The molecule has 3 atom stereocenters. The number of nitrogens with zero attached hydrogens (tertiary/aromatic N) is 4. The van der Waals surface area contributed by atoms with Crippen molar-refractivity contribution < 1.29 is 71.7 Å². The second-order valence-electron chi connectivity index (χ2n) is 19.3. The lowest BCUT2D eigenvalue weighted by Crippen LogP contribution is -3.00. The Labute approximate surface area is 445 Å². The zero-order valence-electron chi connectivity index (χ0n) is 41.4. The molecule has 5 aromatic rings. The van der Waals surface area contributed by atoms with Gasteiger partial charge in [-0.1, -0.05) is 114 Å². The first-order valence-electron chi connectivity index (χ1n) is 23.3. The third-order valence-electron chi connectivity index (χ3n) is 12.0.